The van der Waals surface area contributed by atoms with Crippen molar-refractivity contribution in [3.05, 3.63) is 49.1 Å². The van der Waals surface area contributed by atoms with E-state index in [1.165, 1.54) is 12.2 Å². The maximum Gasteiger partial charge on any atom is 0.334 e. The fourth-order valence-electron chi connectivity index (χ4n) is 1.05. The lowest BCUT2D eigenvalue weighted by molar-refractivity contribution is -0.139. The Hall–Kier alpha value is -2.63. The first-order chi connectivity index (χ1) is 11.3. The Balaban J connectivity index is 0. The molecule has 0 aliphatic heterocycles. The van der Waals surface area contributed by atoms with Crippen LogP contribution in [0.1, 0.15) is 33.1 Å². The van der Waals surface area contributed by atoms with E-state index in [1.54, 1.807) is 6.92 Å². The summed E-state index contributed by atoms with van der Waals surface area (Å²) in [6.07, 6.45) is 5.87. The second-order valence-electron chi connectivity index (χ2n) is 4.71. The molecular weight excluding hydrogens is 312 g/mol. The molecule has 0 fully saturated rings. The molecule has 0 amide bonds. The first-order valence-corrected chi connectivity index (χ1v) is 7.44. The van der Waals surface area contributed by atoms with Gasteiger partial charge in [-0.1, -0.05) is 45.2 Å². The van der Waals surface area contributed by atoms with E-state index in [-0.39, 0.29) is 24.6 Å². The molecule has 0 aromatic carbocycles. The van der Waals surface area contributed by atoms with E-state index in [9.17, 15) is 14.4 Å². The number of unbranched alkanes of at least 4 members (excludes halogenated alkanes) is 1. The zero-order chi connectivity index (χ0) is 19.0. The van der Waals surface area contributed by atoms with Gasteiger partial charge in [-0.3, -0.25) is 0 Å². The van der Waals surface area contributed by atoms with Crippen molar-refractivity contribution >= 4 is 17.9 Å². The normalized spacial score (nSPS) is 9.42. The number of allylic oxidation sites excluding steroid dienone is 1. The van der Waals surface area contributed by atoms with E-state index in [0.29, 0.717) is 12.2 Å². The van der Waals surface area contributed by atoms with Crippen LogP contribution in [0.25, 0.3) is 0 Å². The number of esters is 2. The van der Waals surface area contributed by atoms with Crippen LogP contribution < -0.4 is 0 Å². The Labute approximate surface area is 143 Å². The summed E-state index contributed by atoms with van der Waals surface area (Å²) in [6, 6.07) is 0. The molecule has 0 aliphatic carbocycles. The number of carboxylic acid groups (broad SMARTS) is 1. The van der Waals surface area contributed by atoms with Gasteiger partial charge in [0.1, 0.15) is 6.61 Å². The molecule has 24 heavy (non-hydrogen) atoms. The molecule has 6 nitrogen and oxygen atoms in total. The fourth-order valence-corrected chi connectivity index (χ4v) is 1.05. The zero-order valence-corrected chi connectivity index (χ0v) is 14.4. The molecule has 0 heterocycles. The SMILES string of the molecule is C=C(C)C(=O)OCCCC.C=CCOC(=O)C(=C)CC=CC(=O)O. The van der Waals surface area contributed by atoms with Gasteiger partial charge in [0.15, 0.2) is 0 Å². The van der Waals surface area contributed by atoms with Crippen LogP contribution in [0.5, 0.6) is 0 Å². The monoisotopic (exact) mass is 338 g/mol. The first-order valence-electron chi connectivity index (χ1n) is 7.44. The van der Waals surface area contributed by atoms with Gasteiger partial charge in [0.25, 0.3) is 0 Å². The minimum Gasteiger partial charge on any atom is -0.478 e. The van der Waals surface area contributed by atoms with Gasteiger partial charge < -0.3 is 14.6 Å². The summed E-state index contributed by atoms with van der Waals surface area (Å²) in [5, 5.41) is 8.26. The number of rotatable bonds is 10. The maximum absolute atomic E-state index is 11.0. The van der Waals surface area contributed by atoms with Crippen LogP contribution in [0.2, 0.25) is 0 Å². The van der Waals surface area contributed by atoms with E-state index in [0.717, 1.165) is 18.9 Å². The van der Waals surface area contributed by atoms with Crippen molar-refractivity contribution in [2.45, 2.75) is 33.1 Å². The molecule has 0 atom stereocenters. The van der Waals surface area contributed by atoms with Crippen molar-refractivity contribution in [2.24, 2.45) is 0 Å². The highest BCUT2D eigenvalue weighted by molar-refractivity contribution is 5.88. The number of carbonyl (C=O) groups excluding carboxylic acids is 2. The molecule has 0 rings (SSSR count). The first kappa shape index (κ1) is 23.6. The number of carbonyl (C=O) groups is 3. The number of hydrogen-bond acceptors (Lipinski definition) is 5. The van der Waals surface area contributed by atoms with Crippen molar-refractivity contribution in [3.63, 3.8) is 0 Å². The second kappa shape index (κ2) is 15.3. The van der Waals surface area contributed by atoms with Crippen LogP contribution in [0.4, 0.5) is 0 Å². The van der Waals surface area contributed by atoms with Crippen molar-refractivity contribution < 1.29 is 29.0 Å². The van der Waals surface area contributed by atoms with Gasteiger partial charge in [-0.2, -0.15) is 0 Å². The van der Waals surface area contributed by atoms with Crippen molar-refractivity contribution in [1.82, 2.24) is 0 Å². The lowest BCUT2D eigenvalue weighted by Gasteiger charge is -2.01. The molecule has 0 radical (unpaired) electrons. The van der Waals surface area contributed by atoms with Crippen LogP contribution >= 0.6 is 0 Å². The summed E-state index contributed by atoms with van der Waals surface area (Å²) in [5.74, 6) is -1.88. The average molecular weight is 338 g/mol. The van der Waals surface area contributed by atoms with Crippen LogP contribution in [-0.4, -0.2) is 36.2 Å². The molecule has 134 valence electrons. The molecule has 0 saturated heterocycles. The minimum atomic E-state index is -1.06. The Kier molecular flexibility index (Phi) is 15.0. The van der Waals surface area contributed by atoms with Crippen molar-refractivity contribution in [1.29, 1.82) is 0 Å². The Morgan fingerprint density at radius 2 is 1.75 bits per heavy atom. The third-order valence-electron chi connectivity index (χ3n) is 2.33. The summed E-state index contributed by atoms with van der Waals surface area (Å²) < 4.78 is 9.48. The summed E-state index contributed by atoms with van der Waals surface area (Å²) >= 11 is 0. The predicted octanol–water partition coefficient (Wildman–Crippen LogP) is 3.21. The topological polar surface area (TPSA) is 89.9 Å². The summed E-state index contributed by atoms with van der Waals surface area (Å²) in [4.78, 5) is 31.8. The summed E-state index contributed by atoms with van der Waals surface area (Å²) in [5.41, 5.74) is 0.681. The predicted molar refractivity (Wildman–Crippen MR) is 92.4 cm³/mol. The van der Waals surface area contributed by atoms with Gasteiger partial charge in [0, 0.05) is 17.2 Å². The average Bonchev–Trinajstić information content (AvgIpc) is 2.52. The molecule has 1 N–H and O–H groups in total. The Bertz CT molecular complexity index is 488. The fraction of sp³-hybridized carbons (Fsp3) is 0.389. The molecule has 0 aromatic rings. The van der Waals surface area contributed by atoms with E-state index in [4.69, 9.17) is 9.84 Å². The largest absolute Gasteiger partial charge is 0.478 e. The van der Waals surface area contributed by atoms with Gasteiger partial charge in [-0.05, 0) is 19.8 Å². The van der Waals surface area contributed by atoms with Gasteiger partial charge in [-0.15, -0.1) is 0 Å². The highest BCUT2D eigenvalue weighted by Crippen LogP contribution is 2.02. The zero-order valence-electron chi connectivity index (χ0n) is 14.4. The second-order valence-corrected chi connectivity index (χ2v) is 4.71. The van der Waals surface area contributed by atoms with Crippen LogP contribution in [0, 0.1) is 0 Å². The summed E-state index contributed by atoms with van der Waals surface area (Å²) in [7, 11) is 0. The van der Waals surface area contributed by atoms with Crippen LogP contribution in [0.3, 0.4) is 0 Å². The highest BCUT2D eigenvalue weighted by Gasteiger charge is 2.05. The standard InChI is InChI=1S/C10H12O4.C8H14O2/c1-3-7-14-10(13)8(2)5-4-6-9(11)12;1-4-5-6-10-8(9)7(2)3/h3-4,6H,1-2,5,7H2,(H,11,12);2,4-6H2,1,3H3. The van der Waals surface area contributed by atoms with Gasteiger partial charge in [0.2, 0.25) is 0 Å². The lowest BCUT2D eigenvalue weighted by atomic mass is 10.2. The Morgan fingerprint density at radius 3 is 2.21 bits per heavy atom. The molecule has 0 spiro atoms. The molecule has 0 aliphatic rings. The minimum absolute atomic E-state index is 0.125. The molecule has 6 heteroatoms. The third-order valence-corrected chi connectivity index (χ3v) is 2.33. The molecule has 0 saturated carbocycles. The molecular formula is C18H26O6. The number of carboxylic acids is 1. The Morgan fingerprint density at radius 1 is 1.12 bits per heavy atom. The smallest absolute Gasteiger partial charge is 0.334 e. The quantitative estimate of drug-likeness (QED) is 0.285. The van der Waals surface area contributed by atoms with Crippen molar-refractivity contribution in [2.75, 3.05) is 13.2 Å². The van der Waals surface area contributed by atoms with Crippen LogP contribution in [0.15, 0.2) is 49.1 Å². The van der Waals surface area contributed by atoms with E-state index >= 15 is 0 Å². The van der Waals surface area contributed by atoms with Crippen LogP contribution in [-0.2, 0) is 23.9 Å². The van der Waals surface area contributed by atoms with Gasteiger partial charge in [0.05, 0.1) is 6.61 Å². The van der Waals surface area contributed by atoms with E-state index in [1.807, 2.05) is 0 Å². The number of hydrogen-bond donors (Lipinski definition) is 1. The van der Waals surface area contributed by atoms with Gasteiger partial charge >= 0.3 is 17.9 Å². The number of aliphatic carboxylic acids is 1. The van der Waals surface area contributed by atoms with E-state index in [2.05, 4.69) is 31.4 Å². The maximum atomic E-state index is 11.0. The lowest BCUT2D eigenvalue weighted by Crippen LogP contribution is -2.06. The van der Waals surface area contributed by atoms with Crippen molar-refractivity contribution in [3.8, 4) is 0 Å². The third kappa shape index (κ3) is 15.8. The molecule has 0 aromatic heterocycles. The molecule has 0 bridgehead atoms. The number of ether oxygens (including phenoxy) is 2. The highest BCUT2D eigenvalue weighted by atomic mass is 16.5. The van der Waals surface area contributed by atoms with E-state index < -0.39 is 11.9 Å². The molecule has 0 unspecified atom stereocenters. The van der Waals surface area contributed by atoms with Gasteiger partial charge in [-0.25, -0.2) is 14.4 Å². The summed E-state index contributed by atoms with van der Waals surface area (Å²) in [6.45, 7) is 14.6.